The normalized spacial score (nSPS) is 21.6. The van der Waals surface area contributed by atoms with E-state index in [1.165, 1.54) is 18.2 Å². The molecule has 0 heterocycles. The van der Waals surface area contributed by atoms with Crippen LogP contribution in [0.15, 0.2) is 18.2 Å². The van der Waals surface area contributed by atoms with Crippen molar-refractivity contribution < 1.29 is 19.8 Å². The maximum absolute atomic E-state index is 12.2. The Kier molecular flexibility index (Phi) is 4.24. The van der Waals surface area contributed by atoms with Crippen LogP contribution in [-0.2, 0) is 4.79 Å². The highest BCUT2D eigenvalue weighted by atomic mass is 16.4. The summed E-state index contributed by atoms with van der Waals surface area (Å²) in [6.07, 6.45) is 2.66. The fourth-order valence-electron chi connectivity index (χ4n) is 2.66. The van der Waals surface area contributed by atoms with Crippen molar-refractivity contribution in [2.24, 2.45) is 17.6 Å². The van der Waals surface area contributed by atoms with Gasteiger partial charge in [0.2, 0.25) is 5.91 Å². The number of carbonyl (C=O) groups excluding carboxylic acids is 1. The van der Waals surface area contributed by atoms with E-state index in [4.69, 9.17) is 10.8 Å². The minimum Gasteiger partial charge on any atom is -0.506 e. The first-order valence-electron chi connectivity index (χ1n) is 6.60. The Morgan fingerprint density at radius 3 is 2.75 bits per heavy atom. The summed E-state index contributed by atoms with van der Waals surface area (Å²) in [5, 5.41) is 21.2. The molecule has 1 aromatic carbocycles. The van der Waals surface area contributed by atoms with Gasteiger partial charge in [0.05, 0.1) is 11.3 Å². The molecule has 1 aliphatic rings. The fraction of sp³-hybridized carbons (Fsp3) is 0.429. The fourth-order valence-corrected chi connectivity index (χ4v) is 2.66. The standard InChI is InChI=1S/C14H18N2O4/c15-7-9-2-1-3-10(9)13(18)16-11-6-8(14(19)20)4-5-12(11)17/h4-6,9-10,17H,1-3,7,15H2,(H,16,18)(H,19,20). The van der Waals surface area contributed by atoms with Crippen molar-refractivity contribution in [1.82, 2.24) is 0 Å². The van der Waals surface area contributed by atoms with E-state index in [9.17, 15) is 14.7 Å². The lowest BCUT2D eigenvalue weighted by molar-refractivity contribution is -0.120. The number of carbonyl (C=O) groups is 2. The molecular weight excluding hydrogens is 260 g/mol. The monoisotopic (exact) mass is 278 g/mol. The SMILES string of the molecule is NCC1CCCC1C(=O)Nc1cc(C(=O)O)ccc1O. The number of carboxylic acid groups (broad SMARTS) is 1. The molecule has 1 saturated carbocycles. The third-order valence-electron chi connectivity index (χ3n) is 3.80. The first kappa shape index (κ1) is 14.3. The molecule has 5 N–H and O–H groups in total. The molecule has 1 aromatic rings. The second-order valence-electron chi connectivity index (χ2n) is 5.06. The third kappa shape index (κ3) is 2.91. The van der Waals surface area contributed by atoms with Crippen molar-refractivity contribution in [2.45, 2.75) is 19.3 Å². The maximum atomic E-state index is 12.2. The molecular formula is C14H18N2O4. The number of hydrogen-bond acceptors (Lipinski definition) is 4. The molecule has 0 saturated heterocycles. The molecule has 0 aromatic heterocycles. The van der Waals surface area contributed by atoms with Gasteiger partial charge in [-0.15, -0.1) is 0 Å². The number of rotatable bonds is 4. The minimum absolute atomic E-state index is 0.0138. The Labute approximate surface area is 116 Å². The summed E-state index contributed by atoms with van der Waals surface area (Å²) >= 11 is 0. The molecule has 0 bridgehead atoms. The van der Waals surface area contributed by atoms with Crippen LogP contribution in [0.2, 0.25) is 0 Å². The number of nitrogens with one attached hydrogen (secondary N) is 1. The Bertz CT molecular complexity index is 530. The molecule has 108 valence electrons. The lowest BCUT2D eigenvalue weighted by Gasteiger charge is -2.18. The molecule has 20 heavy (non-hydrogen) atoms. The number of amides is 1. The van der Waals surface area contributed by atoms with E-state index in [2.05, 4.69) is 5.32 Å². The molecule has 6 nitrogen and oxygen atoms in total. The topological polar surface area (TPSA) is 113 Å². The quantitative estimate of drug-likeness (QED) is 0.622. The average molecular weight is 278 g/mol. The van der Waals surface area contributed by atoms with Crippen LogP contribution < -0.4 is 11.1 Å². The van der Waals surface area contributed by atoms with Crippen LogP contribution in [-0.4, -0.2) is 28.6 Å². The van der Waals surface area contributed by atoms with Crippen molar-refractivity contribution >= 4 is 17.6 Å². The number of anilines is 1. The van der Waals surface area contributed by atoms with Gasteiger partial charge >= 0.3 is 5.97 Å². The van der Waals surface area contributed by atoms with Gasteiger partial charge in [-0.2, -0.15) is 0 Å². The molecule has 1 amide bonds. The molecule has 2 unspecified atom stereocenters. The number of phenols is 1. The summed E-state index contributed by atoms with van der Waals surface area (Å²) in [5.74, 6) is -1.49. The van der Waals surface area contributed by atoms with Gasteiger partial charge in [-0.3, -0.25) is 4.79 Å². The van der Waals surface area contributed by atoms with Gasteiger partial charge in [0, 0.05) is 5.92 Å². The van der Waals surface area contributed by atoms with E-state index in [0.29, 0.717) is 6.54 Å². The van der Waals surface area contributed by atoms with Gasteiger partial charge < -0.3 is 21.3 Å². The second-order valence-corrected chi connectivity index (χ2v) is 5.06. The van der Waals surface area contributed by atoms with Crippen LogP contribution in [0.1, 0.15) is 29.6 Å². The first-order chi connectivity index (χ1) is 9.52. The van der Waals surface area contributed by atoms with Crippen molar-refractivity contribution in [3.05, 3.63) is 23.8 Å². The van der Waals surface area contributed by atoms with E-state index in [0.717, 1.165) is 19.3 Å². The van der Waals surface area contributed by atoms with Gasteiger partial charge in [0.1, 0.15) is 5.75 Å². The first-order valence-corrected chi connectivity index (χ1v) is 6.60. The third-order valence-corrected chi connectivity index (χ3v) is 3.80. The smallest absolute Gasteiger partial charge is 0.335 e. The molecule has 1 fully saturated rings. The molecule has 2 atom stereocenters. The van der Waals surface area contributed by atoms with Crippen LogP contribution >= 0.6 is 0 Å². The number of nitrogens with two attached hydrogens (primary N) is 1. The number of phenolic OH excluding ortho intramolecular Hbond substituents is 1. The largest absolute Gasteiger partial charge is 0.506 e. The Balaban J connectivity index is 2.15. The molecule has 2 rings (SSSR count). The van der Waals surface area contributed by atoms with E-state index in [-0.39, 0.29) is 34.7 Å². The number of aromatic carboxylic acids is 1. The van der Waals surface area contributed by atoms with Crippen LogP contribution in [0.4, 0.5) is 5.69 Å². The number of benzene rings is 1. The highest BCUT2D eigenvalue weighted by molar-refractivity contribution is 5.96. The summed E-state index contributed by atoms with van der Waals surface area (Å²) in [5.41, 5.74) is 5.78. The van der Waals surface area contributed by atoms with Crippen molar-refractivity contribution in [3.8, 4) is 5.75 Å². The predicted molar refractivity (Wildman–Crippen MR) is 73.6 cm³/mol. The van der Waals surface area contributed by atoms with Crippen molar-refractivity contribution in [2.75, 3.05) is 11.9 Å². The Hall–Kier alpha value is -2.08. The number of carboxylic acids is 1. The van der Waals surface area contributed by atoms with Crippen LogP contribution in [0.25, 0.3) is 0 Å². The highest BCUT2D eigenvalue weighted by Crippen LogP contribution is 2.33. The zero-order valence-electron chi connectivity index (χ0n) is 11.0. The number of hydrogen-bond donors (Lipinski definition) is 4. The van der Waals surface area contributed by atoms with Crippen LogP contribution in [0.3, 0.4) is 0 Å². The Morgan fingerprint density at radius 1 is 1.35 bits per heavy atom. The zero-order chi connectivity index (χ0) is 14.7. The summed E-state index contributed by atoms with van der Waals surface area (Å²) in [4.78, 5) is 23.1. The zero-order valence-corrected chi connectivity index (χ0v) is 11.0. The minimum atomic E-state index is -1.11. The van der Waals surface area contributed by atoms with E-state index in [1.807, 2.05) is 0 Å². The summed E-state index contributed by atoms with van der Waals surface area (Å²) in [6, 6.07) is 3.79. The lowest BCUT2D eigenvalue weighted by Crippen LogP contribution is -2.29. The molecule has 1 aliphatic carbocycles. The van der Waals surface area contributed by atoms with Crippen LogP contribution in [0.5, 0.6) is 5.75 Å². The van der Waals surface area contributed by atoms with Crippen LogP contribution in [0, 0.1) is 11.8 Å². The second kappa shape index (κ2) is 5.92. The van der Waals surface area contributed by atoms with E-state index >= 15 is 0 Å². The van der Waals surface area contributed by atoms with Gasteiger partial charge in [-0.25, -0.2) is 4.79 Å². The molecule has 0 spiro atoms. The summed E-state index contributed by atoms with van der Waals surface area (Å²) in [7, 11) is 0. The Morgan fingerprint density at radius 2 is 2.10 bits per heavy atom. The van der Waals surface area contributed by atoms with E-state index < -0.39 is 5.97 Å². The van der Waals surface area contributed by atoms with Gasteiger partial charge in [0.15, 0.2) is 0 Å². The van der Waals surface area contributed by atoms with Gasteiger partial charge in [-0.05, 0) is 43.5 Å². The predicted octanol–water partition coefficient (Wildman–Crippen LogP) is 1.40. The summed E-state index contributed by atoms with van der Waals surface area (Å²) < 4.78 is 0. The maximum Gasteiger partial charge on any atom is 0.335 e. The van der Waals surface area contributed by atoms with Crippen molar-refractivity contribution in [1.29, 1.82) is 0 Å². The molecule has 6 heteroatoms. The van der Waals surface area contributed by atoms with Gasteiger partial charge in [0.25, 0.3) is 0 Å². The number of aromatic hydroxyl groups is 1. The molecule has 0 radical (unpaired) electrons. The van der Waals surface area contributed by atoms with E-state index in [1.54, 1.807) is 0 Å². The summed E-state index contributed by atoms with van der Waals surface area (Å²) in [6.45, 7) is 0.458. The lowest BCUT2D eigenvalue weighted by atomic mass is 9.95. The molecule has 0 aliphatic heterocycles. The van der Waals surface area contributed by atoms with Crippen molar-refractivity contribution in [3.63, 3.8) is 0 Å². The average Bonchev–Trinajstić information content (AvgIpc) is 2.89. The highest BCUT2D eigenvalue weighted by Gasteiger charge is 2.32. The van der Waals surface area contributed by atoms with Gasteiger partial charge in [-0.1, -0.05) is 6.42 Å².